The van der Waals surface area contributed by atoms with Crippen LogP contribution in [0.1, 0.15) is 32.1 Å². The zero-order valence-corrected chi connectivity index (χ0v) is 26.4. The minimum atomic E-state index is -0.985. The van der Waals surface area contributed by atoms with Gasteiger partial charge < -0.3 is 4.74 Å². The van der Waals surface area contributed by atoms with Crippen molar-refractivity contribution in [2.75, 3.05) is 13.7 Å². The van der Waals surface area contributed by atoms with Crippen molar-refractivity contribution in [3.8, 4) is 0 Å². The van der Waals surface area contributed by atoms with E-state index >= 15 is 0 Å². The lowest BCUT2D eigenvalue weighted by atomic mass is 9.81. The molecule has 0 aromatic carbocycles. The third-order valence-electron chi connectivity index (χ3n) is 9.99. The number of imide groups is 2. The number of esters is 1. The van der Waals surface area contributed by atoms with Crippen molar-refractivity contribution >= 4 is 93.3 Å². The second-order valence-electron chi connectivity index (χ2n) is 11.4. The van der Waals surface area contributed by atoms with Gasteiger partial charge in [0.2, 0.25) is 23.6 Å². The Morgan fingerprint density at radius 2 is 1.16 bits per heavy atom. The van der Waals surface area contributed by atoms with E-state index in [0.29, 0.717) is 12.8 Å². The number of nitrogens with zero attached hydrogens (tertiary/aromatic N) is 2. The normalized spacial score (nSPS) is 46.3. The van der Waals surface area contributed by atoms with E-state index in [9.17, 15) is 24.0 Å². The molecule has 4 aliphatic carbocycles. The summed E-state index contributed by atoms with van der Waals surface area (Å²) in [5, 5.41) is 0. The molecule has 2 saturated heterocycles. The van der Waals surface area contributed by atoms with Crippen molar-refractivity contribution in [1.82, 2.24) is 9.80 Å². The van der Waals surface area contributed by atoms with E-state index in [1.54, 1.807) is 0 Å². The fraction of sp³-hybridized carbons (Fsp3) is 0.800. The number of carbonyl (C=O) groups excluding carboxylic acids is 5. The summed E-state index contributed by atoms with van der Waals surface area (Å²) in [5.74, 6) is -2.13. The Bertz CT molecular complexity index is 1010. The zero-order chi connectivity index (χ0) is 26.5. The van der Waals surface area contributed by atoms with Crippen LogP contribution >= 0.6 is 63.7 Å². The molecule has 0 spiro atoms. The first-order valence-corrected chi connectivity index (χ1v) is 16.6. The van der Waals surface area contributed by atoms with Crippen LogP contribution in [-0.2, 0) is 28.7 Å². The van der Waals surface area contributed by atoms with Crippen LogP contribution in [0.2, 0.25) is 0 Å². The highest BCUT2D eigenvalue weighted by atomic mass is 79.9. The summed E-state index contributed by atoms with van der Waals surface area (Å²) in [6.07, 6.45) is 2.93. The molecule has 4 saturated carbocycles. The highest BCUT2D eigenvalue weighted by molar-refractivity contribution is 9.12. The molecule has 13 atom stereocenters. The Hall–Kier alpha value is -0.330. The molecule has 4 amide bonds. The van der Waals surface area contributed by atoms with Crippen molar-refractivity contribution < 1.29 is 28.7 Å². The van der Waals surface area contributed by atoms with Gasteiger partial charge in [-0.1, -0.05) is 63.7 Å². The predicted molar refractivity (Wildman–Crippen MR) is 146 cm³/mol. The number of fused-ring (bicyclic) bond motifs is 10. The molecule has 37 heavy (non-hydrogen) atoms. The smallest absolute Gasteiger partial charge is 0.329 e. The summed E-state index contributed by atoms with van der Waals surface area (Å²) >= 11 is 14.8. The lowest BCUT2D eigenvalue weighted by Gasteiger charge is -2.28. The molecular formula is C25H28Br4N2O6. The second-order valence-corrected chi connectivity index (χ2v) is 15.6. The standard InChI is InChI=1S/C25H28Br4N2O6/c1-37-25(36)12(31-23(34)15-10-7-11(16(15)24(31)35)20(29)19(10)28)4-2-3-5-30-21(32)13-8-6-9(14(13)22(30)33)18(27)17(8)26/h8-20H,2-7H2,1H3/t8-,9-,10-,11-,12+,13-,14+,15-,16-,17-,18+,19-,20+/m1/s1. The van der Waals surface area contributed by atoms with Crippen LogP contribution in [0.5, 0.6) is 0 Å². The van der Waals surface area contributed by atoms with Crippen molar-refractivity contribution in [3.63, 3.8) is 0 Å². The molecule has 8 nitrogen and oxygen atoms in total. The largest absolute Gasteiger partial charge is 0.467 e. The van der Waals surface area contributed by atoms with Gasteiger partial charge in [0.15, 0.2) is 0 Å². The summed E-state index contributed by atoms with van der Waals surface area (Å²) in [6.45, 7) is 0.283. The quantitative estimate of drug-likeness (QED) is 0.171. The molecule has 6 aliphatic rings. The lowest BCUT2D eigenvalue weighted by Crippen LogP contribution is -2.47. The fourth-order valence-electron chi connectivity index (χ4n) is 8.41. The van der Waals surface area contributed by atoms with Gasteiger partial charge in [-0.3, -0.25) is 29.0 Å². The number of hydrogen-bond acceptors (Lipinski definition) is 6. The van der Waals surface area contributed by atoms with E-state index in [4.69, 9.17) is 4.74 Å². The third kappa shape index (κ3) is 3.69. The van der Waals surface area contributed by atoms with Gasteiger partial charge in [0, 0.05) is 25.9 Å². The Morgan fingerprint density at radius 1 is 0.757 bits per heavy atom. The second kappa shape index (κ2) is 9.65. The number of amides is 4. The first-order chi connectivity index (χ1) is 17.6. The first-order valence-electron chi connectivity index (χ1n) is 13.0. The Kier molecular flexibility index (Phi) is 7.01. The van der Waals surface area contributed by atoms with Crippen LogP contribution in [0.15, 0.2) is 0 Å². The summed E-state index contributed by atoms with van der Waals surface area (Å²) in [5.41, 5.74) is 0. The van der Waals surface area contributed by atoms with Crippen molar-refractivity contribution in [2.45, 2.75) is 57.5 Å². The predicted octanol–water partition coefficient (Wildman–Crippen LogP) is 3.25. The maximum Gasteiger partial charge on any atom is 0.329 e. The van der Waals surface area contributed by atoms with Crippen LogP contribution in [0.3, 0.4) is 0 Å². The number of carbonyl (C=O) groups is 5. The van der Waals surface area contributed by atoms with Gasteiger partial charge in [0.25, 0.3) is 0 Å². The average molecular weight is 772 g/mol. The summed E-state index contributed by atoms with van der Waals surface area (Å²) in [4.78, 5) is 69.0. The average Bonchev–Trinajstić information content (AvgIpc) is 3.68. The van der Waals surface area contributed by atoms with Gasteiger partial charge in [0.1, 0.15) is 6.04 Å². The molecule has 2 aliphatic heterocycles. The maximum atomic E-state index is 13.4. The van der Waals surface area contributed by atoms with E-state index in [1.165, 1.54) is 12.0 Å². The zero-order valence-electron chi connectivity index (χ0n) is 20.1. The molecule has 12 heteroatoms. The first kappa shape index (κ1) is 26.9. The van der Waals surface area contributed by atoms with Crippen LogP contribution in [0.4, 0.5) is 0 Å². The molecule has 0 aromatic heterocycles. The van der Waals surface area contributed by atoms with Crippen molar-refractivity contribution in [1.29, 1.82) is 0 Å². The molecule has 6 rings (SSSR count). The highest BCUT2D eigenvalue weighted by Crippen LogP contribution is 2.61. The molecule has 6 fully saturated rings. The lowest BCUT2D eigenvalue weighted by molar-refractivity contribution is -0.157. The van der Waals surface area contributed by atoms with Crippen LogP contribution in [0, 0.1) is 47.3 Å². The van der Waals surface area contributed by atoms with Gasteiger partial charge in [-0.2, -0.15) is 0 Å². The van der Waals surface area contributed by atoms with E-state index in [2.05, 4.69) is 63.7 Å². The number of likely N-dealkylation sites (tertiary alicyclic amines) is 2. The summed E-state index contributed by atoms with van der Waals surface area (Å²) in [7, 11) is 1.26. The van der Waals surface area contributed by atoms with E-state index in [0.717, 1.165) is 17.7 Å². The van der Waals surface area contributed by atoms with Crippen LogP contribution < -0.4 is 0 Å². The minimum Gasteiger partial charge on any atom is -0.467 e. The molecule has 0 N–H and O–H groups in total. The molecule has 2 heterocycles. The number of ether oxygens (including phenoxy) is 1. The van der Waals surface area contributed by atoms with Gasteiger partial charge >= 0.3 is 5.97 Å². The SMILES string of the molecule is COC(=O)[C@H](CCCCN1C(=O)[C@@H]2[C@H]3C[C@@H]([C@H](Br)[C@@H]3Br)[C@@H]2C1=O)N1C(=O)[C@@H]2[C@H]3C[C@@H]([C@@H](Br)[C@H]3Br)[C@H]2C1=O. The Balaban J connectivity index is 1.10. The number of methoxy groups -OCH3 is 1. The number of unbranched alkanes of at least 4 members (excludes halogenated alkanes) is 1. The number of rotatable bonds is 7. The molecule has 202 valence electrons. The fourth-order valence-corrected chi connectivity index (χ4v) is 12.2. The topological polar surface area (TPSA) is 101 Å². The molecule has 0 aromatic rings. The summed E-state index contributed by atoms with van der Waals surface area (Å²) < 4.78 is 4.99. The maximum absolute atomic E-state index is 13.4. The monoisotopic (exact) mass is 768 g/mol. The van der Waals surface area contributed by atoms with E-state index < -0.39 is 23.8 Å². The van der Waals surface area contributed by atoms with Gasteiger partial charge in [-0.25, -0.2) is 4.79 Å². The van der Waals surface area contributed by atoms with Crippen molar-refractivity contribution in [2.24, 2.45) is 47.3 Å². The molecule has 0 unspecified atom stereocenters. The van der Waals surface area contributed by atoms with Gasteiger partial charge in [-0.15, -0.1) is 0 Å². The van der Waals surface area contributed by atoms with Crippen LogP contribution in [-0.4, -0.2) is 78.4 Å². The Labute approximate surface area is 248 Å². The third-order valence-corrected chi connectivity index (χ3v) is 16.4. The Morgan fingerprint density at radius 3 is 1.57 bits per heavy atom. The highest BCUT2D eigenvalue weighted by Gasteiger charge is 2.68. The van der Waals surface area contributed by atoms with E-state index in [1.807, 2.05) is 0 Å². The van der Waals surface area contributed by atoms with Gasteiger partial charge in [0.05, 0.1) is 30.8 Å². The summed E-state index contributed by atoms with van der Waals surface area (Å²) in [6, 6.07) is -0.985. The molecule has 0 radical (unpaired) electrons. The van der Waals surface area contributed by atoms with Crippen LogP contribution in [0.25, 0.3) is 0 Å². The molecular weight excluding hydrogens is 744 g/mol. The van der Waals surface area contributed by atoms with Crippen molar-refractivity contribution in [3.05, 3.63) is 0 Å². The minimum absolute atomic E-state index is 0.0688. The number of alkyl halides is 4. The molecule has 4 bridgehead atoms. The van der Waals surface area contributed by atoms with E-state index in [-0.39, 0.29) is 91.4 Å². The number of halogens is 4. The van der Waals surface area contributed by atoms with Gasteiger partial charge in [-0.05, 0) is 55.8 Å². The number of hydrogen-bond donors (Lipinski definition) is 0.